The predicted octanol–water partition coefficient (Wildman–Crippen LogP) is 3.85. The van der Waals surface area contributed by atoms with Crippen molar-refractivity contribution in [2.45, 2.75) is 22.5 Å². The van der Waals surface area contributed by atoms with Gasteiger partial charge >= 0.3 is 22.5 Å². The lowest BCUT2D eigenvalue weighted by Crippen LogP contribution is -2.60. The molecule has 0 fully saturated rings. The molecule has 0 spiro atoms. The van der Waals surface area contributed by atoms with Crippen molar-refractivity contribution in [2.75, 3.05) is 0 Å². The van der Waals surface area contributed by atoms with Crippen molar-refractivity contribution in [3.8, 4) is 0 Å². The molecular formula is C4Cl2F8O. The number of hydrogen-bond acceptors (Lipinski definition) is 1. The van der Waals surface area contributed by atoms with Gasteiger partial charge in [0.15, 0.2) is 0 Å². The van der Waals surface area contributed by atoms with Crippen LogP contribution in [0.5, 0.6) is 0 Å². The molecule has 92 valence electrons. The van der Waals surface area contributed by atoms with Gasteiger partial charge in [0.25, 0.3) is 0 Å². The minimum absolute atomic E-state index is 1.38. The van der Waals surface area contributed by atoms with Crippen molar-refractivity contribution in [1.29, 1.82) is 0 Å². The van der Waals surface area contributed by atoms with E-state index in [1.807, 2.05) is 0 Å². The fourth-order valence-corrected chi connectivity index (χ4v) is 0.638. The van der Waals surface area contributed by atoms with Gasteiger partial charge in [-0.1, -0.05) is 11.6 Å². The maximum absolute atomic E-state index is 12.5. The summed E-state index contributed by atoms with van der Waals surface area (Å²) in [6.07, 6.45) is -6.19. The molecule has 1 nitrogen and oxygen atoms in total. The van der Waals surface area contributed by atoms with Crippen LogP contribution in [-0.2, 0) is 4.94 Å². The maximum Gasteiger partial charge on any atom is 0.454 e. The molecule has 0 aliphatic heterocycles. The minimum Gasteiger partial charge on any atom is -0.211 e. The topological polar surface area (TPSA) is 9.23 Å². The van der Waals surface area contributed by atoms with E-state index in [1.165, 1.54) is 4.94 Å². The standard InChI is InChI=1S/C4Cl2F8O/c5-1(7,3(6,10)11)2(8,9)4(12,13)15-14. The largest absolute Gasteiger partial charge is 0.454 e. The van der Waals surface area contributed by atoms with E-state index in [2.05, 4.69) is 23.2 Å². The maximum atomic E-state index is 12.5. The van der Waals surface area contributed by atoms with Crippen molar-refractivity contribution in [1.82, 2.24) is 0 Å². The number of rotatable bonds is 4. The zero-order valence-corrected chi connectivity index (χ0v) is 7.70. The van der Waals surface area contributed by atoms with Crippen LogP contribution in [0.25, 0.3) is 0 Å². The normalized spacial score (nSPS) is 18.8. The lowest BCUT2D eigenvalue weighted by molar-refractivity contribution is -0.442. The highest BCUT2D eigenvalue weighted by Crippen LogP contribution is 2.55. The smallest absolute Gasteiger partial charge is 0.211 e. The minimum atomic E-state index is -6.39. The molecule has 0 rings (SSSR count). The zero-order valence-electron chi connectivity index (χ0n) is 6.19. The third-order valence-electron chi connectivity index (χ3n) is 1.21. The van der Waals surface area contributed by atoms with Crippen molar-refractivity contribution >= 4 is 23.2 Å². The average molecular weight is 287 g/mol. The first-order chi connectivity index (χ1) is 6.31. The number of hydrogen-bond donors (Lipinski definition) is 0. The second-order valence-electron chi connectivity index (χ2n) is 2.24. The Bertz CT molecular complexity index is 235. The molecule has 0 saturated heterocycles. The molecular weight excluding hydrogens is 287 g/mol. The third-order valence-corrected chi connectivity index (χ3v) is 2.04. The Hall–Kier alpha value is -0.0200. The van der Waals surface area contributed by atoms with Crippen molar-refractivity contribution < 1.29 is 40.2 Å². The lowest BCUT2D eigenvalue weighted by atomic mass is 10.2. The summed E-state index contributed by atoms with van der Waals surface area (Å²) >= 11 is 7.58. The van der Waals surface area contributed by atoms with E-state index in [1.54, 1.807) is 0 Å². The molecule has 0 N–H and O–H groups in total. The molecule has 0 radical (unpaired) electrons. The summed E-state index contributed by atoms with van der Waals surface area (Å²) in [4.78, 5) is 1.38. The van der Waals surface area contributed by atoms with Gasteiger partial charge in [0.05, 0.1) is 0 Å². The Kier molecular flexibility index (Phi) is 3.77. The van der Waals surface area contributed by atoms with Crippen LogP contribution in [0.4, 0.5) is 35.3 Å². The van der Waals surface area contributed by atoms with Crippen molar-refractivity contribution in [3.05, 3.63) is 0 Å². The van der Waals surface area contributed by atoms with Crippen LogP contribution >= 0.6 is 23.2 Å². The van der Waals surface area contributed by atoms with E-state index in [-0.39, 0.29) is 0 Å². The second-order valence-corrected chi connectivity index (χ2v) is 3.24. The summed E-state index contributed by atoms with van der Waals surface area (Å²) in [5.74, 6) is -6.39. The summed E-state index contributed by atoms with van der Waals surface area (Å²) in [6.45, 7) is 0. The first-order valence-corrected chi connectivity index (χ1v) is 3.57. The van der Waals surface area contributed by atoms with E-state index in [0.717, 1.165) is 0 Å². The van der Waals surface area contributed by atoms with E-state index in [9.17, 15) is 35.3 Å². The summed E-state index contributed by atoms with van der Waals surface area (Å²) in [5, 5.41) is -11.3. The van der Waals surface area contributed by atoms with Gasteiger partial charge in [-0.2, -0.15) is 26.3 Å². The van der Waals surface area contributed by atoms with Crippen LogP contribution in [0.2, 0.25) is 0 Å². The van der Waals surface area contributed by atoms with Gasteiger partial charge in [0.1, 0.15) is 0 Å². The summed E-state index contributed by atoms with van der Waals surface area (Å²) < 4.78 is 95.6. The highest BCUT2D eigenvalue weighted by Gasteiger charge is 2.80. The molecule has 0 aromatic heterocycles. The first kappa shape index (κ1) is 15.0. The molecule has 0 bridgehead atoms. The van der Waals surface area contributed by atoms with Crippen LogP contribution in [0.15, 0.2) is 0 Å². The second kappa shape index (κ2) is 3.77. The molecule has 0 aliphatic rings. The molecule has 15 heavy (non-hydrogen) atoms. The molecule has 1 atom stereocenters. The lowest BCUT2D eigenvalue weighted by Gasteiger charge is -2.32. The zero-order chi connectivity index (χ0) is 12.7. The van der Waals surface area contributed by atoms with Gasteiger partial charge in [0.2, 0.25) is 0 Å². The fraction of sp³-hybridized carbons (Fsp3) is 1.00. The van der Waals surface area contributed by atoms with Gasteiger partial charge in [-0.05, 0) is 16.1 Å². The van der Waals surface area contributed by atoms with E-state index < -0.39 is 22.5 Å². The van der Waals surface area contributed by atoms with Gasteiger partial charge in [-0.25, -0.2) is 4.39 Å². The number of alkyl halides is 9. The molecule has 1 unspecified atom stereocenters. The highest BCUT2D eigenvalue weighted by molar-refractivity contribution is 6.33. The summed E-state index contributed by atoms with van der Waals surface area (Å²) in [5.41, 5.74) is 0. The van der Waals surface area contributed by atoms with Crippen LogP contribution in [-0.4, -0.2) is 22.5 Å². The molecule has 0 amide bonds. The molecule has 11 heteroatoms. The van der Waals surface area contributed by atoms with E-state index in [4.69, 9.17) is 0 Å². The Labute approximate surface area is 86.8 Å². The summed E-state index contributed by atoms with van der Waals surface area (Å²) in [7, 11) is 0. The molecule has 0 saturated carbocycles. The highest BCUT2D eigenvalue weighted by atomic mass is 35.5. The van der Waals surface area contributed by atoms with Crippen LogP contribution in [0, 0.1) is 0 Å². The predicted molar refractivity (Wildman–Crippen MR) is 32.6 cm³/mol. The Morgan fingerprint density at radius 2 is 1.13 bits per heavy atom. The van der Waals surface area contributed by atoms with Gasteiger partial charge in [-0.3, -0.25) is 0 Å². The Balaban J connectivity index is 5.38. The molecule has 0 aromatic rings. The van der Waals surface area contributed by atoms with E-state index in [0.29, 0.717) is 0 Å². The van der Waals surface area contributed by atoms with E-state index >= 15 is 0 Å². The Morgan fingerprint density at radius 3 is 1.33 bits per heavy atom. The van der Waals surface area contributed by atoms with Crippen LogP contribution in [0.3, 0.4) is 0 Å². The van der Waals surface area contributed by atoms with Gasteiger partial charge < -0.3 is 0 Å². The quantitative estimate of drug-likeness (QED) is 0.563. The molecule has 0 heterocycles. The number of halogens is 10. The SMILES string of the molecule is FOC(F)(F)C(F)(F)C(F)(Cl)C(F)(F)Cl. The first-order valence-electron chi connectivity index (χ1n) is 2.81. The molecule has 0 aromatic carbocycles. The third kappa shape index (κ3) is 2.23. The van der Waals surface area contributed by atoms with Crippen molar-refractivity contribution in [3.63, 3.8) is 0 Å². The molecule has 0 aliphatic carbocycles. The monoisotopic (exact) mass is 286 g/mol. The van der Waals surface area contributed by atoms with Crippen LogP contribution in [0.1, 0.15) is 0 Å². The van der Waals surface area contributed by atoms with Gasteiger partial charge in [-0.15, -0.1) is 4.94 Å². The summed E-state index contributed by atoms with van der Waals surface area (Å²) in [6, 6.07) is 0. The van der Waals surface area contributed by atoms with Crippen molar-refractivity contribution in [2.24, 2.45) is 0 Å². The average Bonchev–Trinajstić information content (AvgIpc) is 2.01. The van der Waals surface area contributed by atoms with Crippen LogP contribution < -0.4 is 0 Å². The Morgan fingerprint density at radius 1 is 0.800 bits per heavy atom. The fourth-order valence-electron chi connectivity index (χ4n) is 0.409. The van der Waals surface area contributed by atoms with Gasteiger partial charge in [0, 0.05) is 0 Å².